The summed E-state index contributed by atoms with van der Waals surface area (Å²) in [7, 11) is 0. The number of amides is 1. The summed E-state index contributed by atoms with van der Waals surface area (Å²) in [5.41, 5.74) is 2.27. The van der Waals surface area contributed by atoms with Gasteiger partial charge in [0.2, 0.25) is 5.91 Å². The van der Waals surface area contributed by atoms with Gasteiger partial charge in [-0.15, -0.1) is 0 Å². The molecule has 0 bridgehead atoms. The maximum atomic E-state index is 11.9. The number of carbonyl (C=O) groups is 2. The molecule has 0 heterocycles. The molecule has 0 aromatic heterocycles. The zero-order valence-electron chi connectivity index (χ0n) is 14.6. The normalized spacial score (nSPS) is 9.74. The molecule has 2 aromatic carbocycles. The standard InChI is InChI=1S/C20H19N3O3S/c21-14-16-6-8-17(9-7-16)22-20(27)23-18(24)10-11-19(25)26-13-12-15-4-2-1-3-5-15/h1-9H,10-13H2,(H2,22,23,24,27). The highest BCUT2D eigenvalue weighted by molar-refractivity contribution is 7.80. The lowest BCUT2D eigenvalue weighted by Gasteiger charge is -2.09. The molecule has 7 heteroatoms. The third kappa shape index (κ3) is 7.67. The minimum atomic E-state index is -0.424. The Kier molecular flexibility index (Phi) is 7.94. The number of ether oxygens (including phenoxy) is 1. The Morgan fingerprint density at radius 1 is 1.04 bits per heavy atom. The van der Waals surface area contributed by atoms with Gasteiger partial charge in [-0.1, -0.05) is 30.3 Å². The predicted molar refractivity (Wildman–Crippen MR) is 106 cm³/mol. The van der Waals surface area contributed by atoms with Crippen molar-refractivity contribution in [3.8, 4) is 6.07 Å². The monoisotopic (exact) mass is 381 g/mol. The van der Waals surface area contributed by atoms with Gasteiger partial charge in [0.05, 0.1) is 24.7 Å². The molecule has 2 aromatic rings. The lowest BCUT2D eigenvalue weighted by atomic mass is 10.2. The number of carbonyl (C=O) groups excluding carboxylic acids is 2. The molecule has 27 heavy (non-hydrogen) atoms. The number of rotatable bonds is 7. The summed E-state index contributed by atoms with van der Waals surface area (Å²) in [4.78, 5) is 23.6. The van der Waals surface area contributed by atoms with Gasteiger partial charge in [-0.2, -0.15) is 5.26 Å². The number of nitrogens with zero attached hydrogens (tertiary/aromatic N) is 1. The quantitative estimate of drug-likeness (QED) is 0.566. The van der Waals surface area contributed by atoms with Gasteiger partial charge in [0.25, 0.3) is 0 Å². The first-order chi connectivity index (χ1) is 13.1. The lowest BCUT2D eigenvalue weighted by molar-refractivity contribution is -0.144. The Labute approximate surface area is 163 Å². The lowest BCUT2D eigenvalue weighted by Crippen LogP contribution is -2.34. The van der Waals surface area contributed by atoms with Crippen LogP contribution < -0.4 is 10.6 Å². The Morgan fingerprint density at radius 2 is 1.74 bits per heavy atom. The van der Waals surface area contributed by atoms with E-state index in [1.165, 1.54) is 0 Å². The number of nitrogens with one attached hydrogen (secondary N) is 2. The molecular weight excluding hydrogens is 362 g/mol. The molecule has 2 N–H and O–H groups in total. The Balaban J connectivity index is 1.63. The van der Waals surface area contributed by atoms with Gasteiger partial charge < -0.3 is 15.4 Å². The van der Waals surface area contributed by atoms with Crippen LogP contribution >= 0.6 is 12.2 Å². The van der Waals surface area contributed by atoms with Crippen LogP contribution in [0.2, 0.25) is 0 Å². The molecule has 0 aliphatic heterocycles. The van der Waals surface area contributed by atoms with E-state index in [-0.39, 0.29) is 30.5 Å². The molecule has 0 atom stereocenters. The minimum Gasteiger partial charge on any atom is -0.465 e. The molecule has 0 saturated heterocycles. The average molecular weight is 381 g/mol. The van der Waals surface area contributed by atoms with Crippen molar-refractivity contribution in [3.63, 3.8) is 0 Å². The van der Waals surface area contributed by atoms with Crippen molar-refractivity contribution in [2.75, 3.05) is 11.9 Å². The SMILES string of the molecule is N#Cc1ccc(NC(=S)NC(=O)CCC(=O)OCCc2ccccc2)cc1. The highest BCUT2D eigenvalue weighted by Gasteiger charge is 2.10. The number of anilines is 1. The van der Waals surface area contributed by atoms with E-state index in [0.29, 0.717) is 17.7 Å². The van der Waals surface area contributed by atoms with E-state index in [4.69, 9.17) is 22.2 Å². The fraction of sp³-hybridized carbons (Fsp3) is 0.200. The largest absolute Gasteiger partial charge is 0.465 e. The molecule has 0 unspecified atom stereocenters. The van der Waals surface area contributed by atoms with Crippen molar-refractivity contribution in [2.45, 2.75) is 19.3 Å². The van der Waals surface area contributed by atoms with E-state index in [0.717, 1.165) is 5.56 Å². The van der Waals surface area contributed by atoms with E-state index < -0.39 is 5.97 Å². The van der Waals surface area contributed by atoms with Gasteiger partial charge >= 0.3 is 5.97 Å². The topological polar surface area (TPSA) is 91.2 Å². The number of hydrogen-bond acceptors (Lipinski definition) is 5. The molecule has 0 saturated carbocycles. The summed E-state index contributed by atoms with van der Waals surface area (Å²) in [5.74, 6) is -0.798. The summed E-state index contributed by atoms with van der Waals surface area (Å²) >= 11 is 5.05. The third-order valence-electron chi connectivity index (χ3n) is 3.58. The molecule has 6 nitrogen and oxygen atoms in total. The van der Waals surface area contributed by atoms with Gasteiger partial charge in [0.1, 0.15) is 0 Å². The molecule has 2 rings (SSSR count). The first-order valence-corrected chi connectivity index (χ1v) is 8.78. The molecule has 0 radical (unpaired) electrons. The number of thiocarbonyl (C=S) groups is 1. The Hall–Kier alpha value is -3.24. The van der Waals surface area contributed by atoms with Crippen molar-refractivity contribution >= 4 is 34.9 Å². The molecule has 0 aliphatic rings. The number of benzene rings is 2. The van der Waals surface area contributed by atoms with Crippen molar-refractivity contribution in [1.82, 2.24) is 5.32 Å². The fourth-order valence-electron chi connectivity index (χ4n) is 2.19. The van der Waals surface area contributed by atoms with Gasteiger partial charge in [0.15, 0.2) is 5.11 Å². The van der Waals surface area contributed by atoms with Crippen LogP contribution in [0.3, 0.4) is 0 Å². The van der Waals surface area contributed by atoms with E-state index >= 15 is 0 Å². The van der Waals surface area contributed by atoms with Crippen molar-refractivity contribution < 1.29 is 14.3 Å². The smallest absolute Gasteiger partial charge is 0.306 e. The van der Waals surface area contributed by atoms with Crippen LogP contribution in [0.1, 0.15) is 24.0 Å². The van der Waals surface area contributed by atoms with E-state index in [2.05, 4.69) is 10.6 Å². The molecule has 0 aliphatic carbocycles. The summed E-state index contributed by atoms with van der Waals surface area (Å²) in [6, 6.07) is 18.4. The van der Waals surface area contributed by atoms with Crippen LogP contribution in [0.5, 0.6) is 0 Å². The van der Waals surface area contributed by atoms with Crippen LogP contribution in [0.25, 0.3) is 0 Å². The summed E-state index contributed by atoms with van der Waals surface area (Å²) in [5, 5.41) is 14.2. The molecule has 1 amide bonds. The van der Waals surface area contributed by atoms with Crippen molar-refractivity contribution in [3.05, 3.63) is 65.7 Å². The van der Waals surface area contributed by atoms with E-state index in [1.54, 1.807) is 24.3 Å². The van der Waals surface area contributed by atoms with Crippen molar-refractivity contribution in [1.29, 1.82) is 5.26 Å². The maximum absolute atomic E-state index is 11.9. The van der Waals surface area contributed by atoms with Gasteiger partial charge in [0, 0.05) is 18.5 Å². The average Bonchev–Trinajstić information content (AvgIpc) is 2.68. The minimum absolute atomic E-state index is 0.0138. The van der Waals surface area contributed by atoms with Crippen LogP contribution in [0, 0.1) is 11.3 Å². The summed E-state index contributed by atoms with van der Waals surface area (Å²) in [6.07, 6.45) is 0.608. The van der Waals surface area contributed by atoms with Gasteiger partial charge in [-0.25, -0.2) is 0 Å². The first kappa shape index (κ1) is 20.1. The van der Waals surface area contributed by atoms with Crippen molar-refractivity contribution in [2.24, 2.45) is 0 Å². The van der Waals surface area contributed by atoms with Crippen LogP contribution in [0.4, 0.5) is 5.69 Å². The van der Waals surface area contributed by atoms with Crippen LogP contribution in [0.15, 0.2) is 54.6 Å². The van der Waals surface area contributed by atoms with Gasteiger partial charge in [-0.05, 0) is 42.0 Å². The second-order valence-electron chi connectivity index (χ2n) is 5.65. The second-order valence-corrected chi connectivity index (χ2v) is 6.06. The Bertz CT molecular complexity index is 830. The summed E-state index contributed by atoms with van der Waals surface area (Å²) < 4.78 is 5.13. The Morgan fingerprint density at radius 3 is 2.41 bits per heavy atom. The number of nitriles is 1. The van der Waals surface area contributed by atoms with Crippen LogP contribution in [-0.2, 0) is 20.7 Å². The second kappa shape index (κ2) is 10.7. The van der Waals surface area contributed by atoms with E-state index in [9.17, 15) is 9.59 Å². The zero-order chi connectivity index (χ0) is 19.5. The molecule has 0 fully saturated rings. The number of hydrogen-bond donors (Lipinski definition) is 2. The molecule has 0 spiro atoms. The highest BCUT2D eigenvalue weighted by atomic mass is 32.1. The molecular formula is C20H19N3O3S. The fourth-order valence-corrected chi connectivity index (χ4v) is 2.43. The molecule has 138 valence electrons. The van der Waals surface area contributed by atoms with E-state index in [1.807, 2.05) is 36.4 Å². The first-order valence-electron chi connectivity index (χ1n) is 8.37. The predicted octanol–water partition coefficient (Wildman–Crippen LogP) is 2.94. The maximum Gasteiger partial charge on any atom is 0.306 e. The number of esters is 1. The van der Waals surface area contributed by atoms with Gasteiger partial charge in [-0.3, -0.25) is 9.59 Å². The third-order valence-corrected chi connectivity index (χ3v) is 3.78. The van der Waals surface area contributed by atoms with Crippen LogP contribution in [-0.4, -0.2) is 23.6 Å². The zero-order valence-corrected chi connectivity index (χ0v) is 15.4. The summed E-state index contributed by atoms with van der Waals surface area (Å²) in [6.45, 7) is 0.281. The highest BCUT2D eigenvalue weighted by Crippen LogP contribution is 2.08.